The summed E-state index contributed by atoms with van der Waals surface area (Å²) in [5.74, 6) is 0.146. The third-order valence-corrected chi connectivity index (χ3v) is 4.40. The van der Waals surface area contributed by atoms with Gasteiger partial charge in [-0.15, -0.1) is 0 Å². The van der Waals surface area contributed by atoms with E-state index in [9.17, 15) is 4.79 Å². The summed E-state index contributed by atoms with van der Waals surface area (Å²) >= 11 is 11.9. The summed E-state index contributed by atoms with van der Waals surface area (Å²) in [5.41, 5.74) is 1.18. The first kappa shape index (κ1) is 15.6. The quantitative estimate of drug-likeness (QED) is 0.922. The standard InChI is InChI=1S/C15H20Cl2N2O/c1-2-15(20)18-12-5-7-19(8-6-12)10-11-3-4-13(16)14(17)9-11/h3-4,9,12H,2,5-8,10H2,1H3,(H,18,20). The number of halogens is 2. The molecule has 0 aromatic heterocycles. The van der Waals surface area contributed by atoms with Gasteiger partial charge in [0.2, 0.25) is 5.91 Å². The molecule has 0 radical (unpaired) electrons. The van der Waals surface area contributed by atoms with E-state index in [1.165, 1.54) is 5.56 Å². The Labute approximate surface area is 130 Å². The van der Waals surface area contributed by atoms with E-state index in [1.807, 2.05) is 25.1 Å². The number of likely N-dealkylation sites (tertiary alicyclic amines) is 1. The van der Waals surface area contributed by atoms with Crippen molar-refractivity contribution in [1.29, 1.82) is 0 Å². The fraction of sp³-hybridized carbons (Fsp3) is 0.533. The number of piperidine rings is 1. The van der Waals surface area contributed by atoms with Gasteiger partial charge in [-0.3, -0.25) is 9.69 Å². The molecule has 1 heterocycles. The molecule has 0 saturated carbocycles. The molecule has 2 rings (SSSR count). The van der Waals surface area contributed by atoms with Gasteiger partial charge in [-0.1, -0.05) is 36.2 Å². The third kappa shape index (κ3) is 4.37. The Morgan fingerprint density at radius 2 is 2.00 bits per heavy atom. The molecular formula is C15H20Cl2N2O. The van der Waals surface area contributed by atoms with E-state index in [0.717, 1.165) is 32.5 Å². The first-order valence-electron chi connectivity index (χ1n) is 7.04. The minimum atomic E-state index is 0.146. The molecule has 1 aliphatic rings. The SMILES string of the molecule is CCC(=O)NC1CCN(Cc2ccc(Cl)c(Cl)c2)CC1. The lowest BCUT2D eigenvalue weighted by atomic mass is 10.0. The van der Waals surface area contributed by atoms with E-state index in [1.54, 1.807) is 0 Å². The molecule has 1 aliphatic heterocycles. The maximum Gasteiger partial charge on any atom is 0.219 e. The number of benzene rings is 1. The lowest BCUT2D eigenvalue weighted by molar-refractivity contribution is -0.121. The highest BCUT2D eigenvalue weighted by Gasteiger charge is 2.20. The highest BCUT2D eigenvalue weighted by Crippen LogP contribution is 2.24. The summed E-state index contributed by atoms with van der Waals surface area (Å²) < 4.78 is 0. The topological polar surface area (TPSA) is 32.3 Å². The number of nitrogens with zero attached hydrogens (tertiary/aromatic N) is 1. The molecule has 20 heavy (non-hydrogen) atoms. The van der Waals surface area contributed by atoms with Crippen molar-refractivity contribution < 1.29 is 4.79 Å². The van der Waals surface area contributed by atoms with E-state index in [2.05, 4.69) is 10.2 Å². The van der Waals surface area contributed by atoms with Crippen molar-refractivity contribution in [3.05, 3.63) is 33.8 Å². The summed E-state index contributed by atoms with van der Waals surface area (Å²) in [6.45, 7) is 4.75. The fourth-order valence-electron chi connectivity index (χ4n) is 2.46. The third-order valence-electron chi connectivity index (χ3n) is 3.66. The average Bonchev–Trinajstić information content (AvgIpc) is 2.45. The number of hydrogen-bond acceptors (Lipinski definition) is 2. The maximum absolute atomic E-state index is 11.4. The van der Waals surface area contributed by atoms with Crippen LogP contribution in [0, 0.1) is 0 Å². The van der Waals surface area contributed by atoms with Crippen molar-refractivity contribution in [1.82, 2.24) is 10.2 Å². The van der Waals surface area contributed by atoms with Gasteiger partial charge in [0.25, 0.3) is 0 Å². The molecule has 1 saturated heterocycles. The Bertz CT molecular complexity index is 471. The second-order valence-corrected chi connectivity index (χ2v) is 6.03. The lowest BCUT2D eigenvalue weighted by Crippen LogP contribution is -2.44. The van der Waals surface area contributed by atoms with Gasteiger partial charge in [0.15, 0.2) is 0 Å². The number of carbonyl (C=O) groups is 1. The van der Waals surface area contributed by atoms with E-state index in [4.69, 9.17) is 23.2 Å². The van der Waals surface area contributed by atoms with Crippen molar-refractivity contribution in [2.45, 2.75) is 38.8 Å². The van der Waals surface area contributed by atoms with Gasteiger partial charge in [-0.05, 0) is 30.5 Å². The number of hydrogen-bond donors (Lipinski definition) is 1. The van der Waals surface area contributed by atoms with Crippen molar-refractivity contribution >= 4 is 29.1 Å². The zero-order valence-electron chi connectivity index (χ0n) is 11.7. The van der Waals surface area contributed by atoms with Gasteiger partial charge in [0.05, 0.1) is 10.0 Å². The summed E-state index contributed by atoms with van der Waals surface area (Å²) in [6.07, 6.45) is 2.57. The molecule has 1 aromatic rings. The van der Waals surface area contributed by atoms with Crippen molar-refractivity contribution in [3.8, 4) is 0 Å². The molecular weight excluding hydrogens is 295 g/mol. The molecule has 1 amide bonds. The van der Waals surface area contributed by atoms with E-state index in [-0.39, 0.29) is 5.91 Å². The Hall–Kier alpha value is -0.770. The summed E-state index contributed by atoms with van der Waals surface area (Å²) in [4.78, 5) is 13.8. The minimum absolute atomic E-state index is 0.146. The second kappa shape index (κ2) is 7.30. The summed E-state index contributed by atoms with van der Waals surface area (Å²) in [5, 5.41) is 4.27. The molecule has 0 aliphatic carbocycles. The predicted octanol–water partition coefficient (Wildman–Crippen LogP) is 3.48. The van der Waals surface area contributed by atoms with Gasteiger partial charge in [0.1, 0.15) is 0 Å². The van der Waals surface area contributed by atoms with Crippen LogP contribution in [0.15, 0.2) is 18.2 Å². The Balaban J connectivity index is 1.82. The van der Waals surface area contributed by atoms with Crippen molar-refractivity contribution in [3.63, 3.8) is 0 Å². The number of nitrogens with one attached hydrogen (secondary N) is 1. The van der Waals surface area contributed by atoms with Gasteiger partial charge in [0, 0.05) is 32.1 Å². The van der Waals surface area contributed by atoms with Crippen LogP contribution in [0.5, 0.6) is 0 Å². The normalized spacial score (nSPS) is 17.1. The molecule has 5 heteroatoms. The number of rotatable bonds is 4. The summed E-state index contributed by atoms with van der Waals surface area (Å²) in [6, 6.07) is 6.11. The molecule has 1 N–H and O–H groups in total. The molecule has 0 bridgehead atoms. The first-order chi connectivity index (χ1) is 9.58. The highest BCUT2D eigenvalue weighted by atomic mass is 35.5. The highest BCUT2D eigenvalue weighted by molar-refractivity contribution is 6.42. The molecule has 3 nitrogen and oxygen atoms in total. The Kier molecular flexibility index (Phi) is 5.70. The minimum Gasteiger partial charge on any atom is -0.353 e. The molecule has 1 fully saturated rings. The summed E-state index contributed by atoms with van der Waals surface area (Å²) in [7, 11) is 0. The van der Waals surface area contributed by atoms with Crippen LogP contribution in [-0.2, 0) is 11.3 Å². The average molecular weight is 315 g/mol. The fourth-order valence-corrected chi connectivity index (χ4v) is 2.78. The van der Waals surface area contributed by atoms with Crippen LogP contribution in [0.1, 0.15) is 31.7 Å². The van der Waals surface area contributed by atoms with Gasteiger partial charge >= 0.3 is 0 Å². The van der Waals surface area contributed by atoms with Gasteiger partial charge in [-0.25, -0.2) is 0 Å². The van der Waals surface area contributed by atoms with Gasteiger partial charge in [-0.2, -0.15) is 0 Å². The monoisotopic (exact) mass is 314 g/mol. The van der Waals surface area contributed by atoms with Gasteiger partial charge < -0.3 is 5.32 Å². The molecule has 0 spiro atoms. The van der Waals surface area contributed by atoms with Crippen molar-refractivity contribution in [2.75, 3.05) is 13.1 Å². The Morgan fingerprint density at radius 3 is 2.60 bits per heavy atom. The first-order valence-corrected chi connectivity index (χ1v) is 7.79. The molecule has 110 valence electrons. The number of carbonyl (C=O) groups excluding carboxylic acids is 1. The Morgan fingerprint density at radius 1 is 1.30 bits per heavy atom. The van der Waals surface area contributed by atoms with Crippen LogP contribution >= 0.6 is 23.2 Å². The van der Waals surface area contributed by atoms with E-state index in [0.29, 0.717) is 22.5 Å². The van der Waals surface area contributed by atoms with E-state index >= 15 is 0 Å². The zero-order chi connectivity index (χ0) is 14.5. The molecule has 1 aromatic carbocycles. The number of amides is 1. The van der Waals surface area contributed by atoms with Crippen LogP contribution in [-0.4, -0.2) is 29.9 Å². The van der Waals surface area contributed by atoms with Crippen LogP contribution in [0.4, 0.5) is 0 Å². The van der Waals surface area contributed by atoms with Crippen LogP contribution in [0.2, 0.25) is 10.0 Å². The zero-order valence-corrected chi connectivity index (χ0v) is 13.2. The molecule has 0 atom stereocenters. The van der Waals surface area contributed by atoms with E-state index < -0.39 is 0 Å². The predicted molar refractivity (Wildman–Crippen MR) is 83.2 cm³/mol. The second-order valence-electron chi connectivity index (χ2n) is 5.22. The van der Waals surface area contributed by atoms with Crippen LogP contribution in [0.3, 0.4) is 0 Å². The lowest BCUT2D eigenvalue weighted by Gasteiger charge is -2.32. The van der Waals surface area contributed by atoms with Crippen LogP contribution in [0.25, 0.3) is 0 Å². The molecule has 0 unspecified atom stereocenters. The largest absolute Gasteiger partial charge is 0.353 e. The smallest absolute Gasteiger partial charge is 0.219 e. The van der Waals surface area contributed by atoms with Crippen molar-refractivity contribution in [2.24, 2.45) is 0 Å². The maximum atomic E-state index is 11.4. The van der Waals surface area contributed by atoms with Crippen LogP contribution < -0.4 is 5.32 Å².